The maximum atomic E-state index is 13.3. The van der Waals surface area contributed by atoms with Crippen LogP contribution in [0.4, 0.5) is 8.78 Å². The number of amides is 1. The van der Waals surface area contributed by atoms with Gasteiger partial charge in [-0.05, 0) is 72.9 Å². The van der Waals surface area contributed by atoms with Crippen molar-refractivity contribution in [1.29, 1.82) is 0 Å². The molecule has 148 valence electrons. The third kappa shape index (κ3) is 4.34. The SMILES string of the molecule is Cc1cc(-c2ccc(F)cc2)cc([C@H]2CCCN2C(=O)Cc2ccc(F)cc2)n1. The molecule has 0 spiro atoms. The van der Waals surface area contributed by atoms with E-state index >= 15 is 0 Å². The number of carbonyl (C=O) groups excluding carboxylic acids is 1. The molecule has 0 unspecified atom stereocenters. The quantitative estimate of drug-likeness (QED) is 0.608. The molecule has 5 heteroatoms. The topological polar surface area (TPSA) is 33.2 Å². The maximum absolute atomic E-state index is 13.3. The first-order valence-electron chi connectivity index (χ1n) is 9.78. The van der Waals surface area contributed by atoms with Gasteiger partial charge >= 0.3 is 0 Å². The molecule has 1 atom stereocenters. The van der Waals surface area contributed by atoms with E-state index in [4.69, 9.17) is 4.98 Å². The van der Waals surface area contributed by atoms with Crippen LogP contribution in [0.15, 0.2) is 60.7 Å². The number of hydrogen-bond acceptors (Lipinski definition) is 2. The molecule has 2 heterocycles. The predicted octanol–water partition coefficient (Wildman–Crippen LogP) is 5.24. The number of carbonyl (C=O) groups is 1. The zero-order chi connectivity index (χ0) is 20.4. The van der Waals surface area contributed by atoms with Gasteiger partial charge in [-0.3, -0.25) is 9.78 Å². The normalized spacial score (nSPS) is 16.2. The van der Waals surface area contributed by atoms with E-state index in [0.29, 0.717) is 6.54 Å². The highest BCUT2D eigenvalue weighted by molar-refractivity contribution is 5.79. The van der Waals surface area contributed by atoms with Gasteiger partial charge < -0.3 is 4.90 Å². The van der Waals surface area contributed by atoms with Gasteiger partial charge in [0.25, 0.3) is 0 Å². The van der Waals surface area contributed by atoms with E-state index in [-0.39, 0.29) is 30.0 Å². The van der Waals surface area contributed by atoms with Crippen LogP contribution in [0.1, 0.15) is 35.8 Å². The standard InChI is InChI=1S/C24H22F2N2O/c1-16-13-19(18-6-10-21(26)11-7-18)15-22(27-16)23-3-2-12-28(23)24(29)14-17-4-8-20(25)9-5-17/h4-11,13,15,23H,2-3,12,14H2,1H3/t23-/m1/s1. The van der Waals surface area contributed by atoms with E-state index in [0.717, 1.165) is 40.9 Å². The van der Waals surface area contributed by atoms with Gasteiger partial charge in [0.1, 0.15) is 11.6 Å². The van der Waals surface area contributed by atoms with E-state index in [1.54, 1.807) is 24.3 Å². The zero-order valence-corrected chi connectivity index (χ0v) is 16.2. The Labute approximate surface area is 169 Å². The third-order valence-electron chi connectivity index (χ3n) is 5.33. The van der Waals surface area contributed by atoms with Crippen LogP contribution in [0.25, 0.3) is 11.1 Å². The Morgan fingerprint density at radius 2 is 1.66 bits per heavy atom. The van der Waals surface area contributed by atoms with Crippen molar-refractivity contribution in [3.63, 3.8) is 0 Å². The Balaban J connectivity index is 1.58. The first kappa shape index (κ1) is 19.2. The van der Waals surface area contributed by atoms with Crippen LogP contribution in [0.5, 0.6) is 0 Å². The molecule has 0 bridgehead atoms. The largest absolute Gasteiger partial charge is 0.334 e. The highest BCUT2D eigenvalue weighted by Gasteiger charge is 2.31. The molecule has 1 fully saturated rings. The lowest BCUT2D eigenvalue weighted by atomic mass is 10.0. The smallest absolute Gasteiger partial charge is 0.227 e. The molecule has 1 aliphatic rings. The first-order chi connectivity index (χ1) is 14.0. The van der Waals surface area contributed by atoms with Gasteiger partial charge in [0.2, 0.25) is 5.91 Å². The Kier molecular flexibility index (Phi) is 5.38. The minimum absolute atomic E-state index is 0.0192. The second-order valence-corrected chi connectivity index (χ2v) is 7.48. The molecule has 1 amide bonds. The summed E-state index contributed by atoms with van der Waals surface area (Å²) >= 11 is 0. The Morgan fingerprint density at radius 3 is 2.34 bits per heavy atom. The lowest BCUT2D eigenvalue weighted by Crippen LogP contribution is -2.32. The second-order valence-electron chi connectivity index (χ2n) is 7.48. The van der Waals surface area contributed by atoms with E-state index < -0.39 is 0 Å². The summed E-state index contributed by atoms with van der Waals surface area (Å²) in [6.07, 6.45) is 2.02. The summed E-state index contributed by atoms with van der Waals surface area (Å²) < 4.78 is 26.4. The molecule has 2 aromatic carbocycles. The number of likely N-dealkylation sites (tertiary alicyclic amines) is 1. The van der Waals surface area contributed by atoms with Crippen LogP contribution in [-0.4, -0.2) is 22.3 Å². The highest BCUT2D eigenvalue weighted by Crippen LogP contribution is 2.34. The second kappa shape index (κ2) is 8.11. The fourth-order valence-electron chi connectivity index (χ4n) is 3.93. The molecule has 1 aliphatic heterocycles. The molecule has 0 aliphatic carbocycles. The van der Waals surface area contributed by atoms with Gasteiger partial charge in [-0.25, -0.2) is 8.78 Å². The first-order valence-corrected chi connectivity index (χ1v) is 9.78. The molecular weight excluding hydrogens is 370 g/mol. The van der Waals surface area contributed by atoms with Crippen LogP contribution in [0.3, 0.4) is 0 Å². The summed E-state index contributed by atoms with van der Waals surface area (Å²) in [4.78, 5) is 19.5. The fraction of sp³-hybridized carbons (Fsp3) is 0.250. The zero-order valence-electron chi connectivity index (χ0n) is 16.2. The van der Waals surface area contributed by atoms with Crippen molar-refractivity contribution in [3.8, 4) is 11.1 Å². The number of benzene rings is 2. The molecule has 4 rings (SSSR count). The molecule has 29 heavy (non-hydrogen) atoms. The monoisotopic (exact) mass is 392 g/mol. The van der Waals surface area contributed by atoms with Crippen LogP contribution >= 0.6 is 0 Å². The molecule has 1 saturated heterocycles. The summed E-state index contributed by atoms with van der Waals surface area (Å²) in [7, 11) is 0. The van der Waals surface area contributed by atoms with Crippen LogP contribution in [-0.2, 0) is 11.2 Å². The summed E-state index contributed by atoms with van der Waals surface area (Å²) in [5.74, 6) is -0.559. The molecule has 3 aromatic rings. The third-order valence-corrected chi connectivity index (χ3v) is 5.33. The average Bonchev–Trinajstić information content (AvgIpc) is 3.20. The van der Waals surface area contributed by atoms with Crippen molar-refractivity contribution in [2.75, 3.05) is 6.54 Å². The summed E-state index contributed by atoms with van der Waals surface area (Å²) in [6.45, 7) is 2.61. The van der Waals surface area contributed by atoms with Crippen molar-refractivity contribution >= 4 is 5.91 Å². The number of halogens is 2. The van der Waals surface area contributed by atoms with Gasteiger partial charge in [0.05, 0.1) is 18.2 Å². The van der Waals surface area contributed by atoms with Gasteiger partial charge in [-0.15, -0.1) is 0 Å². The van der Waals surface area contributed by atoms with Crippen molar-refractivity contribution < 1.29 is 13.6 Å². The minimum Gasteiger partial charge on any atom is -0.334 e. The minimum atomic E-state index is -0.308. The molecule has 0 saturated carbocycles. The Hall–Kier alpha value is -3.08. The number of rotatable bonds is 4. The molecule has 0 radical (unpaired) electrons. The number of nitrogens with zero attached hydrogens (tertiary/aromatic N) is 2. The van der Waals surface area contributed by atoms with Crippen molar-refractivity contribution in [2.24, 2.45) is 0 Å². The summed E-state index contributed by atoms with van der Waals surface area (Å²) in [5, 5.41) is 0. The van der Waals surface area contributed by atoms with Crippen LogP contribution in [0.2, 0.25) is 0 Å². The Morgan fingerprint density at radius 1 is 1.00 bits per heavy atom. The molecular formula is C24H22F2N2O. The van der Waals surface area contributed by atoms with Crippen molar-refractivity contribution in [2.45, 2.75) is 32.2 Å². The Bertz CT molecular complexity index is 1020. The van der Waals surface area contributed by atoms with Gasteiger partial charge in [-0.2, -0.15) is 0 Å². The van der Waals surface area contributed by atoms with E-state index in [2.05, 4.69) is 0 Å². The highest BCUT2D eigenvalue weighted by atomic mass is 19.1. The van der Waals surface area contributed by atoms with E-state index in [1.165, 1.54) is 24.3 Å². The average molecular weight is 392 g/mol. The molecule has 3 nitrogen and oxygen atoms in total. The summed E-state index contributed by atoms with van der Waals surface area (Å²) in [6, 6.07) is 16.3. The predicted molar refractivity (Wildman–Crippen MR) is 108 cm³/mol. The molecule has 0 N–H and O–H groups in total. The lowest BCUT2D eigenvalue weighted by molar-refractivity contribution is -0.131. The summed E-state index contributed by atoms with van der Waals surface area (Å²) in [5.41, 5.74) is 4.39. The van der Waals surface area contributed by atoms with Crippen LogP contribution in [0, 0.1) is 18.6 Å². The maximum Gasteiger partial charge on any atom is 0.227 e. The lowest BCUT2D eigenvalue weighted by Gasteiger charge is -2.25. The van der Waals surface area contributed by atoms with Crippen LogP contribution < -0.4 is 0 Å². The number of aromatic nitrogens is 1. The number of hydrogen-bond donors (Lipinski definition) is 0. The van der Waals surface area contributed by atoms with E-state index in [9.17, 15) is 13.6 Å². The van der Waals surface area contributed by atoms with Gasteiger partial charge in [0.15, 0.2) is 0 Å². The van der Waals surface area contributed by atoms with Gasteiger partial charge in [0, 0.05) is 12.2 Å². The number of aryl methyl sites for hydroxylation is 1. The fourth-order valence-corrected chi connectivity index (χ4v) is 3.93. The van der Waals surface area contributed by atoms with E-state index in [1.807, 2.05) is 24.0 Å². The van der Waals surface area contributed by atoms with Gasteiger partial charge in [-0.1, -0.05) is 24.3 Å². The van der Waals surface area contributed by atoms with Crippen molar-refractivity contribution in [1.82, 2.24) is 9.88 Å². The molecule has 1 aromatic heterocycles. The van der Waals surface area contributed by atoms with Crippen molar-refractivity contribution in [3.05, 3.63) is 89.2 Å². The number of pyridine rings is 1.